The summed E-state index contributed by atoms with van der Waals surface area (Å²) in [6, 6.07) is 0. The molecule has 0 aromatic heterocycles. The third kappa shape index (κ3) is 6.75. The Morgan fingerprint density at radius 1 is 1.26 bits per heavy atom. The van der Waals surface area contributed by atoms with E-state index in [1.54, 1.807) is 6.08 Å². The molecule has 1 nitrogen and oxygen atoms in total. The summed E-state index contributed by atoms with van der Waals surface area (Å²) in [6.45, 7) is 14.2. The van der Waals surface area contributed by atoms with Crippen molar-refractivity contribution in [2.45, 2.75) is 65.7 Å². The fourth-order valence-electron chi connectivity index (χ4n) is 3.62. The predicted molar refractivity (Wildman–Crippen MR) is 100 cm³/mol. The van der Waals surface area contributed by atoms with Gasteiger partial charge in [0.05, 0.1) is 0 Å². The standard InChI is InChI=1S/C22H34O/c1-6-18(5)22(20-12-9-8-10-13-20)16-21(23)15-11-14-19(7-2)17(3)4/h7,11,15,17,19-20,22H,1-2,8-10,12-14,16H2,3-5H3/b15-11-/t19?,22-/m1/s1. The topological polar surface area (TPSA) is 17.1 Å². The molecule has 0 aromatic rings. The number of hydrogen-bond donors (Lipinski definition) is 0. The fraction of sp³-hybridized carbons (Fsp3) is 0.636. The molecule has 1 aliphatic rings. The first-order valence-corrected chi connectivity index (χ1v) is 9.18. The van der Waals surface area contributed by atoms with Crippen LogP contribution in [0.25, 0.3) is 0 Å². The number of carbonyl (C=O) groups excluding carboxylic acids is 1. The van der Waals surface area contributed by atoms with Crippen molar-refractivity contribution in [1.82, 2.24) is 0 Å². The Labute approximate surface area is 143 Å². The van der Waals surface area contributed by atoms with Crippen LogP contribution >= 0.6 is 0 Å². The van der Waals surface area contributed by atoms with Crippen LogP contribution in [-0.4, -0.2) is 5.78 Å². The summed E-state index contributed by atoms with van der Waals surface area (Å²) in [7, 11) is 0. The minimum absolute atomic E-state index is 0.238. The van der Waals surface area contributed by atoms with Crippen LogP contribution in [0.3, 0.4) is 0 Å². The first kappa shape index (κ1) is 19.7. The van der Waals surface area contributed by atoms with E-state index >= 15 is 0 Å². The molecule has 0 amide bonds. The molecular formula is C22H34O. The summed E-state index contributed by atoms with van der Waals surface area (Å²) in [6.07, 6.45) is 13.7. The van der Waals surface area contributed by atoms with Crippen LogP contribution in [0.4, 0.5) is 0 Å². The van der Waals surface area contributed by atoms with Crippen LogP contribution in [0, 0.1) is 23.7 Å². The van der Waals surface area contributed by atoms with Crippen LogP contribution in [0.5, 0.6) is 0 Å². The third-order valence-electron chi connectivity index (χ3n) is 5.35. The molecule has 1 fully saturated rings. The van der Waals surface area contributed by atoms with Gasteiger partial charge < -0.3 is 0 Å². The van der Waals surface area contributed by atoms with Gasteiger partial charge in [0.1, 0.15) is 0 Å². The van der Waals surface area contributed by atoms with E-state index in [1.807, 2.05) is 12.2 Å². The van der Waals surface area contributed by atoms with Gasteiger partial charge in [0.25, 0.3) is 0 Å². The summed E-state index contributed by atoms with van der Waals surface area (Å²) < 4.78 is 0. The molecule has 128 valence electrons. The van der Waals surface area contributed by atoms with Crippen molar-refractivity contribution in [1.29, 1.82) is 0 Å². The van der Waals surface area contributed by atoms with Gasteiger partial charge in [0.15, 0.2) is 5.78 Å². The minimum Gasteiger partial charge on any atom is -0.295 e. The van der Waals surface area contributed by atoms with E-state index in [1.165, 1.54) is 32.1 Å². The van der Waals surface area contributed by atoms with Crippen LogP contribution in [0.1, 0.15) is 65.7 Å². The van der Waals surface area contributed by atoms with E-state index in [4.69, 9.17) is 0 Å². The highest BCUT2D eigenvalue weighted by Gasteiger charge is 2.26. The van der Waals surface area contributed by atoms with Crippen molar-refractivity contribution in [2.75, 3.05) is 0 Å². The summed E-state index contributed by atoms with van der Waals surface area (Å²) in [5.74, 6) is 2.20. The van der Waals surface area contributed by atoms with Crippen molar-refractivity contribution in [3.63, 3.8) is 0 Å². The minimum atomic E-state index is 0.238. The van der Waals surface area contributed by atoms with Crippen molar-refractivity contribution >= 4 is 5.78 Å². The molecule has 0 heterocycles. The van der Waals surface area contributed by atoms with E-state index in [0.717, 1.165) is 12.0 Å². The zero-order chi connectivity index (χ0) is 17.2. The third-order valence-corrected chi connectivity index (χ3v) is 5.35. The molecule has 1 rings (SSSR count). The van der Waals surface area contributed by atoms with Gasteiger partial charge >= 0.3 is 0 Å². The molecule has 1 aliphatic carbocycles. The highest BCUT2D eigenvalue weighted by atomic mass is 16.1. The maximum absolute atomic E-state index is 12.4. The zero-order valence-corrected chi connectivity index (χ0v) is 15.3. The molecule has 0 radical (unpaired) electrons. The van der Waals surface area contributed by atoms with E-state index in [9.17, 15) is 4.79 Å². The molecule has 2 atom stereocenters. The summed E-state index contributed by atoms with van der Waals surface area (Å²) in [5.41, 5.74) is 4.20. The number of hydrogen-bond acceptors (Lipinski definition) is 1. The van der Waals surface area contributed by atoms with Gasteiger partial charge in [-0.15, -0.1) is 12.3 Å². The Kier molecular flexibility index (Phi) is 8.95. The first-order chi connectivity index (χ1) is 11.0. The molecule has 0 saturated heterocycles. The Hall–Kier alpha value is -1.33. The molecular weight excluding hydrogens is 280 g/mol. The second-order valence-corrected chi connectivity index (χ2v) is 7.32. The number of rotatable bonds is 9. The van der Waals surface area contributed by atoms with Gasteiger partial charge in [0.2, 0.25) is 0 Å². The highest BCUT2D eigenvalue weighted by molar-refractivity contribution is 5.90. The van der Waals surface area contributed by atoms with Crippen LogP contribution in [0.2, 0.25) is 0 Å². The van der Waals surface area contributed by atoms with E-state index < -0.39 is 0 Å². The molecule has 23 heavy (non-hydrogen) atoms. The largest absolute Gasteiger partial charge is 0.295 e. The molecule has 0 aliphatic heterocycles. The fourth-order valence-corrected chi connectivity index (χ4v) is 3.62. The molecule has 1 saturated carbocycles. The maximum Gasteiger partial charge on any atom is 0.156 e. The van der Waals surface area contributed by atoms with E-state index in [-0.39, 0.29) is 5.78 Å². The Morgan fingerprint density at radius 2 is 1.91 bits per heavy atom. The van der Waals surface area contributed by atoms with Gasteiger partial charge in [-0.3, -0.25) is 4.79 Å². The Balaban J connectivity index is 2.62. The van der Waals surface area contributed by atoms with E-state index in [2.05, 4.69) is 39.7 Å². The van der Waals surface area contributed by atoms with Crippen LogP contribution in [0.15, 0.2) is 42.7 Å². The molecule has 0 aromatic carbocycles. The lowest BCUT2D eigenvalue weighted by atomic mass is 9.75. The molecule has 0 N–H and O–H groups in total. The smallest absolute Gasteiger partial charge is 0.156 e. The van der Waals surface area contributed by atoms with Crippen molar-refractivity contribution in [2.24, 2.45) is 23.7 Å². The lowest BCUT2D eigenvalue weighted by Crippen LogP contribution is -2.21. The van der Waals surface area contributed by atoms with Gasteiger partial charge in [-0.1, -0.05) is 51.8 Å². The molecule has 1 heteroatoms. The summed E-state index contributed by atoms with van der Waals surface area (Å²) >= 11 is 0. The van der Waals surface area contributed by atoms with Crippen molar-refractivity contribution < 1.29 is 4.79 Å². The highest BCUT2D eigenvalue weighted by Crippen LogP contribution is 2.35. The van der Waals surface area contributed by atoms with Crippen molar-refractivity contribution in [3.8, 4) is 0 Å². The first-order valence-electron chi connectivity index (χ1n) is 9.18. The second-order valence-electron chi connectivity index (χ2n) is 7.32. The van der Waals surface area contributed by atoms with Crippen LogP contribution < -0.4 is 0 Å². The van der Waals surface area contributed by atoms with Gasteiger partial charge in [-0.25, -0.2) is 0 Å². The van der Waals surface area contributed by atoms with E-state index in [0.29, 0.717) is 30.1 Å². The van der Waals surface area contributed by atoms with Crippen LogP contribution in [-0.2, 0) is 4.79 Å². The lowest BCUT2D eigenvalue weighted by Gasteiger charge is -2.29. The normalized spacial score (nSPS) is 18.6. The Morgan fingerprint density at radius 3 is 2.43 bits per heavy atom. The molecule has 0 bridgehead atoms. The summed E-state index contributed by atoms with van der Waals surface area (Å²) in [5, 5.41) is 0. The van der Waals surface area contributed by atoms with Gasteiger partial charge in [0, 0.05) is 6.42 Å². The quantitative estimate of drug-likeness (QED) is 0.278. The molecule has 1 unspecified atom stereocenters. The van der Waals surface area contributed by atoms with Gasteiger partial charge in [-0.2, -0.15) is 0 Å². The Bertz CT molecular complexity index is 456. The maximum atomic E-state index is 12.4. The lowest BCUT2D eigenvalue weighted by molar-refractivity contribution is -0.115. The predicted octanol–water partition coefficient (Wildman–Crippen LogP) is 6.28. The number of carbonyl (C=O) groups is 1. The summed E-state index contributed by atoms with van der Waals surface area (Å²) in [4.78, 5) is 12.4. The second kappa shape index (κ2) is 10.4. The average Bonchev–Trinajstić information content (AvgIpc) is 2.56. The molecule has 0 spiro atoms. The zero-order valence-electron chi connectivity index (χ0n) is 15.3. The SMILES string of the molecule is C=C=C(C)[C@@H](CC(=O)/C=C\CC(C=C)C(C)C)C1CCCCC1. The van der Waals surface area contributed by atoms with Crippen molar-refractivity contribution in [3.05, 3.63) is 42.7 Å². The number of allylic oxidation sites excluding steroid dienone is 4. The number of ketones is 1. The monoisotopic (exact) mass is 314 g/mol. The van der Waals surface area contributed by atoms with Gasteiger partial charge in [-0.05, 0) is 61.5 Å². The average molecular weight is 315 g/mol.